The van der Waals surface area contributed by atoms with Gasteiger partial charge in [0.05, 0.1) is 12.2 Å². The molecule has 0 radical (unpaired) electrons. The van der Waals surface area contributed by atoms with Gasteiger partial charge in [0.1, 0.15) is 23.5 Å². The van der Waals surface area contributed by atoms with E-state index in [1.165, 1.54) is 5.57 Å². The van der Waals surface area contributed by atoms with Crippen LogP contribution in [-0.4, -0.2) is 46.6 Å². The second-order valence-electron chi connectivity index (χ2n) is 17.7. The number of epoxide rings is 1. The number of rotatable bonds is 0. The highest BCUT2D eigenvalue weighted by Crippen LogP contribution is 2.69. The van der Waals surface area contributed by atoms with Crippen LogP contribution in [0.15, 0.2) is 11.6 Å². The van der Waals surface area contributed by atoms with E-state index in [0.29, 0.717) is 78.5 Å². The lowest BCUT2D eigenvalue weighted by Gasteiger charge is -2.60. The number of carbonyl (C=O) groups is 4. The summed E-state index contributed by atoms with van der Waals surface area (Å²) >= 11 is 0. The molecule has 1 heterocycles. The Kier molecular flexibility index (Phi) is 6.54. The van der Waals surface area contributed by atoms with Crippen molar-refractivity contribution in [2.75, 3.05) is 0 Å². The molecule has 1 unspecified atom stereocenters. The number of carbonyl (C=O) groups excluding carboxylic acids is 4. The molecule has 0 spiro atoms. The van der Waals surface area contributed by atoms with Gasteiger partial charge >= 0.3 is 0 Å². The van der Waals surface area contributed by atoms with E-state index in [2.05, 4.69) is 27.7 Å². The van der Waals surface area contributed by atoms with Gasteiger partial charge in [-0.1, -0.05) is 27.7 Å². The predicted molar refractivity (Wildman–Crippen MR) is 164 cm³/mol. The van der Waals surface area contributed by atoms with Gasteiger partial charge in [-0.2, -0.15) is 0 Å². The van der Waals surface area contributed by atoms with Crippen molar-refractivity contribution in [2.45, 2.75) is 136 Å². The Morgan fingerprint density at radius 3 is 2.00 bits per heavy atom. The van der Waals surface area contributed by atoms with Crippen LogP contribution >= 0.6 is 0 Å². The summed E-state index contributed by atoms with van der Waals surface area (Å²) in [5.41, 5.74) is 1.33. The van der Waals surface area contributed by atoms with Crippen LogP contribution in [0.1, 0.15) is 118 Å². The minimum Gasteiger partial charge on any atom is -0.393 e. The molecular weight excluding hydrogens is 552 g/mol. The van der Waals surface area contributed by atoms with Crippen LogP contribution in [0.25, 0.3) is 0 Å². The first-order chi connectivity index (χ1) is 20.8. The molecule has 0 aromatic carbocycles. The first kappa shape index (κ1) is 29.7. The standard InChI is InChI=1S/C19H24O3.C19H28O3/c1-18-7-5-10(20)9-13(18)16-17(22-16)15-11-3-4-14(21)19(11,2)8-6-12(15)18;1-18-7-5-12(20)9-11(18)10-15(21)17-13-3-4-16(22)19(13,2)8-6-14(17)18/h9,11-12,15-17H,3-8H2,1-2H3;11,13-15,17,21H,3-10H2,1-2H3/t11-,12-,15-,16+,17-,18+,19-;11?,13-,14-,15+,17-,18-,19-/m00/s1. The summed E-state index contributed by atoms with van der Waals surface area (Å²) in [6.07, 6.45) is 14.5. The SMILES string of the molecule is C[C@]12CCC(=O)C=C1[C@H]1O[C@H]1[C@@H]1[C@@H]2CC[C@]2(C)C(=O)CC[C@@H]12.C[C@]12CCC(=O)CC1C[C@@H](O)[C@@H]1[C@@H]2CC[C@]2(C)C(=O)CC[C@@H]12. The molecule has 1 N–H and O–H groups in total. The first-order valence-corrected chi connectivity index (χ1v) is 18.0. The largest absolute Gasteiger partial charge is 0.393 e. The molecular formula is C38H52O6. The summed E-state index contributed by atoms with van der Waals surface area (Å²) < 4.78 is 6.09. The summed E-state index contributed by atoms with van der Waals surface area (Å²) in [4.78, 5) is 48.6. The molecule has 1 aliphatic heterocycles. The van der Waals surface area contributed by atoms with Crippen LogP contribution in [0, 0.1) is 63.1 Å². The Bertz CT molecular complexity index is 1350. The molecule has 240 valence electrons. The molecule has 14 atom stereocenters. The van der Waals surface area contributed by atoms with Gasteiger partial charge in [0.15, 0.2) is 5.78 Å². The van der Waals surface area contributed by atoms with Crippen molar-refractivity contribution >= 4 is 23.1 Å². The van der Waals surface area contributed by atoms with Gasteiger partial charge in [0, 0.05) is 42.9 Å². The summed E-state index contributed by atoms with van der Waals surface area (Å²) in [5.74, 6) is 4.69. The van der Waals surface area contributed by atoms with Gasteiger partial charge in [0.25, 0.3) is 0 Å². The highest BCUT2D eigenvalue weighted by Gasteiger charge is 2.69. The Balaban J connectivity index is 0.000000131. The maximum Gasteiger partial charge on any atom is 0.155 e. The average molecular weight is 605 g/mol. The van der Waals surface area contributed by atoms with Crippen LogP contribution in [0.2, 0.25) is 0 Å². The highest BCUT2D eigenvalue weighted by molar-refractivity contribution is 5.92. The minimum absolute atomic E-state index is 0.0975. The second-order valence-corrected chi connectivity index (χ2v) is 17.7. The molecule has 9 rings (SSSR count). The van der Waals surface area contributed by atoms with Crippen molar-refractivity contribution in [3.8, 4) is 0 Å². The number of hydrogen-bond donors (Lipinski definition) is 1. The number of fused-ring (bicyclic) bond motifs is 13. The minimum atomic E-state index is -0.315. The lowest BCUT2D eigenvalue weighted by molar-refractivity contribution is -0.166. The van der Waals surface area contributed by atoms with E-state index in [9.17, 15) is 24.3 Å². The van der Waals surface area contributed by atoms with Crippen molar-refractivity contribution in [3.05, 3.63) is 11.6 Å². The molecule has 1 saturated heterocycles. The first-order valence-electron chi connectivity index (χ1n) is 18.0. The molecule has 6 heteroatoms. The highest BCUT2D eigenvalue weighted by atomic mass is 16.6. The van der Waals surface area contributed by atoms with Crippen molar-refractivity contribution in [2.24, 2.45) is 63.1 Å². The molecule has 0 bridgehead atoms. The van der Waals surface area contributed by atoms with Crippen molar-refractivity contribution in [1.82, 2.24) is 0 Å². The summed E-state index contributed by atoms with van der Waals surface area (Å²) in [5, 5.41) is 10.9. The molecule has 8 aliphatic carbocycles. The van der Waals surface area contributed by atoms with Gasteiger partial charge in [0.2, 0.25) is 0 Å². The smallest absolute Gasteiger partial charge is 0.155 e. The second kappa shape index (κ2) is 9.69. The monoisotopic (exact) mass is 604 g/mol. The van der Waals surface area contributed by atoms with Crippen LogP contribution in [0.4, 0.5) is 0 Å². The van der Waals surface area contributed by atoms with E-state index in [-0.39, 0.29) is 51.7 Å². The van der Waals surface area contributed by atoms with E-state index in [1.807, 2.05) is 6.08 Å². The van der Waals surface area contributed by atoms with Gasteiger partial charge in [-0.3, -0.25) is 19.2 Å². The van der Waals surface area contributed by atoms with Crippen LogP contribution in [0.3, 0.4) is 0 Å². The van der Waals surface area contributed by atoms with Crippen LogP contribution in [-0.2, 0) is 23.9 Å². The molecule has 0 aromatic heterocycles. The fraction of sp³-hybridized carbons (Fsp3) is 0.842. The van der Waals surface area contributed by atoms with E-state index in [4.69, 9.17) is 4.74 Å². The lowest BCUT2D eigenvalue weighted by atomic mass is 9.44. The zero-order valence-electron chi connectivity index (χ0n) is 27.2. The van der Waals surface area contributed by atoms with Crippen LogP contribution in [0.5, 0.6) is 0 Å². The Labute approximate surface area is 262 Å². The van der Waals surface area contributed by atoms with Gasteiger partial charge in [-0.05, 0) is 122 Å². The van der Waals surface area contributed by atoms with Crippen molar-refractivity contribution in [1.29, 1.82) is 0 Å². The molecule has 44 heavy (non-hydrogen) atoms. The lowest BCUT2D eigenvalue weighted by Crippen LogP contribution is -2.58. The normalized spacial score (nSPS) is 55.2. The number of ether oxygens (including phenoxy) is 1. The van der Waals surface area contributed by atoms with E-state index >= 15 is 0 Å². The predicted octanol–water partition coefficient (Wildman–Crippen LogP) is 6.21. The molecule has 6 nitrogen and oxygen atoms in total. The van der Waals surface area contributed by atoms with E-state index in [0.717, 1.165) is 64.2 Å². The molecule has 9 aliphatic rings. The number of aliphatic hydroxyl groups is 1. The Morgan fingerprint density at radius 2 is 1.32 bits per heavy atom. The Hall–Kier alpha value is -1.66. The summed E-state index contributed by atoms with van der Waals surface area (Å²) in [6.45, 7) is 9.08. The third kappa shape index (κ3) is 3.91. The van der Waals surface area contributed by atoms with Crippen molar-refractivity contribution < 1.29 is 29.0 Å². The number of Topliss-reactive ketones (excluding diaryl/α,β-unsaturated/α-hetero) is 3. The van der Waals surface area contributed by atoms with Gasteiger partial charge in [-0.15, -0.1) is 0 Å². The zero-order chi connectivity index (χ0) is 31.0. The number of hydrogen-bond acceptors (Lipinski definition) is 6. The fourth-order valence-corrected chi connectivity index (χ4v) is 13.4. The maximum atomic E-state index is 12.4. The summed E-state index contributed by atoms with van der Waals surface area (Å²) in [7, 11) is 0. The molecule has 8 fully saturated rings. The Morgan fingerprint density at radius 1 is 0.705 bits per heavy atom. The van der Waals surface area contributed by atoms with Gasteiger partial charge < -0.3 is 9.84 Å². The van der Waals surface area contributed by atoms with Crippen LogP contribution < -0.4 is 0 Å². The zero-order valence-corrected chi connectivity index (χ0v) is 27.2. The van der Waals surface area contributed by atoms with E-state index < -0.39 is 0 Å². The average Bonchev–Trinajstić information content (AvgIpc) is 3.64. The number of ketones is 4. The molecule has 0 amide bonds. The van der Waals surface area contributed by atoms with E-state index in [1.54, 1.807) is 0 Å². The third-order valence-electron chi connectivity index (χ3n) is 16.1. The third-order valence-corrected chi connectivity index (χ3v) is 16.1. The van der Waals surface area contributed by atoms with Crippen molar-refractivity contribution in [3.63, 3.8) is 0 Å². The fourth-order valence-electron chi connectivity index (χ4n) is 13.4. The van der Waals surface area contributed by atoms with Gasteiger partial charge in [-0.25, -0.2) is 0 Å². The maximum absolute atomic E-state index is 12.4. The molecule has 7 saturated carbocycles. The topological polar surface area (TPSA) is 101 Å². The molecule has 0 aromatic rings. The number of aliphatic hydroxyl groups excluding tert-OH is 1. The summed E-state index contributed by atoms with van der Waals surface area (Å²) in [6, 6.07) is 0. The quantitative estimate of drug-likeness (QED) is 0.330.